The van der Waals surface area contributed by atoms with Gasteiger partial charge in [0.05, 0.1) is 11.5 Å². The molecular weight excluding hydrogens is 208 g/mol. The molecule has 0 atom stereocenters. The summed E-state index contributed by atoms with van der Waals surface area (Å²) >= 11 is 1.47. The van der Waals surface area contributed by atoms with Gasteiger partial charge in [0, 0.05) is 11.8 Å². The number of nitrogen functional groups attached to an aromatic ring is 1. The average Bonchev–Trinajstić information content (AvgIpc) is 2.66. The summed E-state index contributed by atoms with van der Waals surface area (Å²) in [7, 11) is 0. The molecule has 1 aromatic carbocycles. The fraction of sp³-hybridized carbons (Fsp3) is 0.182. The van der Waals surface area contributed by atoms with Crippen LogP contribution in [0.4, 0.5) is 5.13 Å². The average molecular weight is 220 g/mol. The van der Waals surface area contributed by atoms with Crippen LogP contribution in [0.25, 0.3) is 10.4 Å². The molecule has 0 fully saturated rings. The number of ether oxygens (including phenoxy) is 1. The highest BCUT2D eigenvalue weighted by Gasteiger charge is 2.07. The van der Waals surface area contributed by atoms with Crippen molar-refractivity contribution in [3.8, 4) is 16.2 Å². The summed E-state index contributed by atoms with van der Waals surface area (Å²) in [6, 6.07) is 7.90. The van der Waals surface area contributed by atoms with Crippen molar-refractivity contribution >= 4 is 16.5 Å². The van der Waals surface area contributed by atoms with Crippen molar-refractivity contribution in [2.75, 3.05) is 12.3 Å². The summed E-state index contributed by atoms with van der Waals surface area (Å²) in [4.78, 5) is 5.07. The van der Waals surface area contributed by atoms with E-state index < -0.39 is 0 Å². The van der Waals surface area contributed by atoms with E-state index >= 15 is 0 Å². The number of hydrogen-bond donors (Lipinski definition) is 1. The number of rotatable bonds is 3. The van der Waals surface area contributed by atoms with E-state index in [2.05, 4.69) is 4.98 Å². The van der Waals surface area contributed by atoms with E-state index in [1.54, 1.807) is 6.20 Å². The van der Waals surface area contributed by atoms with Gasteiger partial charge in [0.15, 0.2) is 5.13 Å². The summed E-state index contributed by atoms with van der Waals surface area (Å²) < 4.78 is 5.54. The maximum Gasteiger partial charge on any atom is 0.180 e. The van der Waals surface area contributed by atoms with Crippen LogP contribution >= 0.6 is 11.3 Å². The molecule has 0 aliphatic carbocycles. The Kier molecular flexibility index (Phi) is 2.87. The first kappa shape index (κ1) is 9.98. The van der Waals surface area contributed by atoms with Crippen LogP contribution in [-0.4, -0.2) is 11.6 Å². The summed E-state index contributed by atoms with van der Waals surface area (Å²) in [5, 5.41) is 0.580. The monoisotopic (exact) mass is 220 g/mol. The van der Waals surface area contributed by atoms with Gasteiger partial charge in [-0.15, -0.1) is 0 Å². The standard InChI is InChI=1S/C11H12N2OS/c1-2-14-9-6-4-3-5-8(9)10-7-13-11(12)15-10/h3-7H,2H2,1H3,(H2,12,13). The second-order valence-corrected chi connectivity index (χ2v) is 4.05. The maximum atomic E-state index is 5.61. The van der Waals surface area contributed by atoms with Crippen molar-refractivity contribution in [2.45, 2.75) is 6.92 Å². The van der Waals surface area contributed by atoms with Gasteiger partial charge in [-0.3, -0.25) is 0 Å². The van der Waals surface area contributed by atoms with Gasteiger partial charge in [-0.2, -0.15) is 0 Å². The lowest BCUT2D eigenvalue weighted by molar-refractivity contribution is 0.341. The minimum Gasteiger partial charge on any atom is -0.493 e. The van der Waals surface area contributed by atoms with E-state index in [1.165, 1.54) is 11.3 Å². The lowest BCUT2D eigenvalue weighted by Gasteiger charge is -2.07. The van der Waals surface area contributed by atoms with Gasteiger partial charge in [-0.25, -0.2) is 4.98 Å². The van der Waals surface area contributed by atoms with Gasteiger partial charge < -0.3 is 10.5 Å². The quantitative estimate of drug-likeness (QED) is 0.865. The zero-order valence-electron chi connectivity index (χ0n) is 8.43. The number of aromatic nitrogens is 1. The van der Waals surface area contributed by atoms with Crippen LogP contribution in [-0.2, 0) is 0 Å². The molecule has 0 bridgehead atoms. The Bertz CT molecular complexity index is 453. The third-order valence-electron chi connectivity index (χ3n) is 1.98. The van der Waals surface area contributed by atoms with Crippen LogP contribution in [0.15, 0.2) is 30.5 Å². The summed E-state index contributed by atoms with van der Waals surface area (Å²) in [5.74, 6) is 0.878. The molecule has 4 heteroatoms. The molecule has 2 aromatic rings. The number of hydrogen-bond acceptors (Lipinski definition) is 4. The Balaban J connectivity index is 2.42. The van der Waals surface area contributed by atoms with Crippen LogP contribution in [0, 0.1) is 0 Å². The SMILES string of the molecule is CCOc1ccccc1-c1cnc(N)s1. The van der Waals surface area contributed by atoms with Crippen LogP contribution in [0.5, 0.6) is 5.75 Å². The fourth-order valence-corrected chi connectivity index (χ4v) is 2.08. The van der Waals surface area contributed by atoms with E-state index in [-0.39, 0.29) is 0 Å². The molecule has 0 saturated heterocycles. The van der Waals surface area contributed by atoms with Gasteiger partial charge in [-0.05, 0) is 19.1 Å². The highest BCUT2D eigenvalue weighted by molar-refractivity contribution is 7.18. The summed E-state index contributed by atoms with van der Waals surface area (Å²) in [6.07, 6.45) is 1.78. The third kappa shape index (κ3) is 2.10. The number of thiazole rings is 1. The first-order valence-electron chi connectivity index (χ1n) is 4.74. The summed E-state index contributed by atoms with van der Waals surface area (Å²) in [6.45, 7) is 2.63. The number of nitrogens with zero attached hydrogens (tertiary/aromatic N) is 1. The van der Waals surface area contributed by atoms with E-state index in [4.69, 9.17) is 10.5 Å². The number of anilines is 1. The van der Waals surface area contributed by atoms with Crippen molar-refractivity contribution in [1.29, 1.82) is 0 Å². The van der Waals surface area contributed by atoms with Gasteiger partial charge in [-0.1, -0.05) is 23.5 Å². The van der Waals surface area contributed by atoms with Crippen molar-refractivity contribution in [1.82, 2.24) is 4.98 Å². The first-order valence-corrected chi connectivity index (χ1v) is 5.56. The van der Waals surface area contributed by atoms with Gasteiger partial charge in [0.1, 0.15) is 5.75 Å². The Morgan fingerprint density at radius 1 is 1.40 bits per heavy atom. The largest absolute Gasteiger partial charge is 0.493 e. The minimum atomic E-state index is 0.580. The molecular formula is C11H12N2OS. The molecule has 0 saturated carbocycles. The molecule has 3 nitrogen and oxygen atoms in total. The number of nitrogens with two attached hydrogens (primary N) is 1. The zero-order chi connectivity index (χ0) is 10.7. The van der Waals surface area contributed by atoms with Crippen LogP contribution in [0.2, 0.25) is 0 Å². The summed E-state index contributed by atoms with van der Waals surface area (Å²) in [5.41, 5.74) is 6.66. The number of para-hydroxylation sites is 1. The molecule has 1 heterocycles. The fourth-order valence-electron chi connectivity index (χ4n) is 1.36. The molecule has 78 valence electrons. The Morgan fingerprint density at radius 2 is 2.20 bits per heavy atom. The molecule has 2 N–H and O–H groups in total. The van der Waals surface area contributed by atoms with Crippen molar-refractivity contribution in [3.63, 3.8) is 0 Å². The molecule has 0 aliphatic heterocycles. The molecule has 0 aliphatic rings. The smallest absolute Gasteiger partial charge is 0.180 e. The molecule has 0 radical (unpaired) electrons. The highest BCUT2D eigenvalue weighted by atomic mass is 32.1. The minimum absolute atomic E-state index is 0.580. The molecule has 15 heavy (non-hydrogen) atoms. The third-order valence-corrected chi connectivity index (χ3v) is 2.84. The van der Waals surface area contributed by atoms with Crippen molar-refractivity contribution in [3.05, 3.63) is 30.5 Å². The van der Waals surface area contributed by atoms with Crippen molar-refractivity contribution < 1.29 is 4.74 Å². The van der Waals surface area contributed by atoms with Crippen LogP contribution in [0.1, 0.15) is 6.92 Å². The Hall–Kier alpha value is -1.55. The van der Waals surface area contributed by atoms with Crippen LogP contribution < -0.4 is 10.5 Å². The van der Waals surface area contributed by atoms with Gasteiger partial charge in [0.25, 0.3) is 0 Å². The Morgan fingerprint density at radius 3 is 2.87 bits per heavy atom. The predicted molar refractivity (Wildman–Crippen MR) is 63.1 cm³/mol. The first-order chi connectivity index (χ1) is 7.31. The van der Waals surface area contributed by atoms with E-state index in [0.717, 1.165) is 16.2 Å². The maximum absolute atomic E-state index is 5.61. The lowest BCUT2D eigenvalue weighted by Crippen LogP contribution is -1.92. The molecule has 2 rings (SSSR count). The molecule has 0 unspecified atom stereocenters. The van der Waals surface area contributed by atoms with E-state index in [1.807, 2.05) is 31.2 Å². The van der Waals surface area contributed by atoms with Gasteiger partial charge in [0.2, 0.25) is 0 Å². The van der Waals surface area contributed by atoms with Gasteiger partial charge >= 0.3 is 0 Å². The number of benzene rings is 1. The second kappa shape index (κ2) is 4.31. The molecule has 1 aromatic heterocycles. The van der Waals surface area contributed by atoms with E-state index in [0.29, 0.717) is 11.7 Å². The second-order valence-electron chi connectivity index (χ2n) is 2.99. The van der Waals surface area contributed by atoms with E-state index in [9.17, 15) is 0 Å². The van der Waals surface area contributed by atoms with Crippen molar-refractivity contribution in [2.24, 2.45) is 0 Å². The zero-order valence-corrected chi connectivity index (χ0v) is 9.25. The normalized spacial score (nSPS) is 10.2. The lowest BCUT2D eigenvalue weighted by atomic mass is 10.2. The molecule has 0 amide bonds. The van der Waals surface area contributed by atoms with Crippen LogP contribution in [0.3, 0.4) is 0 Å². The topological polar surface area (TPSA) is 48.1 Å². The Labute approximate surface area is 92.5 Å². The molecule has 0 spiro atoms. The highest BCUT2D eigenvalue weighted by Crippen LogP contribution is 2.34. The predicted octanol–water partition coefficient (Wildman–Crippen LogP) is 2.79.